The van der Waals surface area contributed by atoms with Crippen molar-refractivity contribution in [3.05, 3.63) is 47.5 Å². The highest BCUT2D eigenvalue weighted by Gasteiger charge is 2.19. The Labute approximate surface area is 411 Å². The van der Waals surface area contributed by atoms with E-state index in [1.165, 1.54) is 34.1 Å². The normalized spacial score (nSPS) is 15.7. The van der Waals surface area contributed by atoms with Crippen molar-refractivity contribution in [3.63, 3.8) is 0 Å². The highest BCUT2D eigenvalue weighted by molar-refractivity contribution is 5.91. The van der Waals surface area contributed by atoms with Gasteiger partial charge in [-0.3, -0.25) is 29.0 Å². The van der Waals surface area contributed by atoms with E-state index in [9.17, 15) is 39.0 Å². The molecule has 0 radical (unpaired) electrons. The van der Waals surface area contributed by atoms with E-state index >= 15 is 0 Å². The van der Waals surface area contributed by atoms with Crippen LogP contribution in [0.15, 0.2) is 36.4 Å². The Bertz CT molecular complexity index is 1930. The summed E-state index contributed by atoms with van der Waals surface area (Å²) in [5, 5.41) is 27.2. The van der Waals surface area contributed by atoms with Gasteiger partial charge in [-0.2, -0.15) is 0 Å². The Hall–Kier alpha value is -5.90. The fraction of sp³-hybridized carbons (Fsp3) is 0.609. The molecule has 0 bridgehead atoms. The Kier molecular flexibility index (Phi) is 28.6. The summed E-state index contributed by atoms with van der Waals surface area (Å²) < 4.78 is 66.6. The molecule has 2 amide bonds. The first-order valence-electron chi connectivity index (χ1n) is 23.3. The van der Waals surface area contributed by atoms with Crippen LogP contribution in [0.4, 0.5) is 0 Å². The van der Waals surface area contributed by atoms with Gasteiger partial charge in [-0.25, -0.2) is 9.59 Å². The lowest BCUT2D eigenvalue weighted by molar-refractivity contribution is -0.140. The van der Waals surface area contributed by atoms with E-state index < -0.39 is 42.2 Å². The second-order valence-electron chi connectivity index (χ2n) is 15.3. The van der Waals surface area contributed by atoms with E-state index in [1.54, 1.807) is 12.1 Å². The Morgan fingerprint density at radius 1 is 0.451 bits per heavy atom. The standard InChI is InChI=1S/C46H67N5O20/c52-41(48-6-11-70-45(58)35-1-3-37-39(29-35)68-27-23-64-19-15-60-13-17-62-21-25-66-37)31-47-5-8-50(33-43(54)55)9-10-51(34-44(56)57)32-42(53)49-7-12-71-46(59)36-2-4-38-40(30-36)69-28-24-65-20-16-61-14-18-63-22-26-67-38/h1-4,29-30,47H,5-28,31-34H2,(H,48,52)(H,49,53)(H,54,55)(H,56,57). The Balaban J connectivity index is 1.13. The van der Waals surface area contributed by atoms with Crippen molar-refractivity contribution in [2.75, 3.05) is 184 Å². The summed E-state index contributed by atoms with van der Waals surface area (Å²) in [4.78, 5) is 77.1. The highest BCUT2D eigenvalue weighted by atomic mass is 16.6. The first-order chi connectivity index (χ1) is 34.6. The lowest BCUT2D eigenvalue weighted by atomic mass is 10.2. The zero-order valence-corrected chi connectivity index (χ0v) is 39.9. The maximum Gasteiger partial charge on any atom is 0.338 e. The number of aliphatic carboxylic acids is 2. The maximum atomic E-state index is 12.9. The average molecular weight is 1010 g/mol. The number of amides is 2. The summed E-state index contributed by atoms with van der Waals surface area (Å²) in [6.45, 7) is 4.20. The molecule has 0 saturated carbocycles. The summed E-state index contributed by atoms with van der Waals surface area (Å²) in [5.74, 6) is -3.14. The summed E-state index contributed by atoms with van der Waals surface area (Å²) in [7, 11) is 0. The number of nitrogens with zero attached hydrogens (tertiary/aromatic N) is 2. The van der Waals surface area contributed by atoms with Crippen LogP contribution >= 0.6 is 0 Å². The van der Waals surface area contributed by atoms with Crippen molar-refractivity contribution in [3.8, 4) is 23.0 Å². The number of ether oxygens (including phenoxy) is 12. The first-order valence-corrected chi connectivity index (χ1v) is 23.3. The zero-order valence-electron chi connectivity index (χ0n) is 39.9. The van der Waals surface area contributed by atoms with Gasteiger partial charge in [-0.15, -0.1) is 0 Å². The van der Waals surface area contributed by atoms with Crippen LogP contribution in [0.1, 0.15) is 20.7 Å². The molecule has 0 aromatic heterocycles. The topological polar surface area (TPSA) is 296 Å². The lowest BCUT2D eigenvalue weighted by Crippen LogP contribution is -2.46. The fourth-order valence-electron chi connectivity index (χ4n) is 6.41. The third-order valence-electron chi connectivity index (χ3n) is 9.81. The summed E-state index contributed by atoms with van der Waals surface area (Å²) in [6, 6.07) is 9.21. The van der Waals surface area contributed by atoms with Crippen molar-refractivity contribution in [1.29, 1.82) is 0 Å². The van der Waals surface area contributed by atoms with E-state index in [0.29, 0.717) is 95.7 Å². The monoisotopic (exact) mass is 1010 g/mol. The van der Waals surface area contributed by atoms with Gasteiger partial charge in [0.25, 0.3) is 0 Å². The zero-order chi connectivity index (χ0) is 50.7. The molecule has 71 heavy (non-hydrogen) atoms. The number of carboxylic acid groups (broad SMARTS) is 2. The van der Waals surface area contributed by atoms with Crippen LogP contribution in [0, 0.1) is 0 Å². The molecule has 0 fully saturated rings. The molecule has 2 aromatic carbocycles. The molecule has 25 nitrogen and oxygen atoms in total. The van der Waals surface area contributed by atoms with Gasteiger partial charge in [0.15, 0.2) is 23.0 Å². The molecule has 0 unspecified atom stereocenters. The predicted octanol–water partition coefficient (Wildman–Crippen LogP) is -1.06. The molecule has 0 saturated heterocycles. The molecule has 5 N–H and O–H groups in total. The van der Waals surface area contributed by atoms with Gasteiger partial charge < -0.3 is 83.0 Å². The van der Waals surface area contributed by atoms with Gasteiger partial charge in [0.1, 0.15) is 39.6 Å². The smallest absolute Gasteiger partial charge is 0.338 e. The Morgan fingerprint density at radius 3 is 1.27 bits per heavy atom. The SMILES string of the molecule is O=C(O)CN(CCNCC(=O)NCCOC(=O)c1ccc2c(c1)OCCOCCOCCOCCO2)CCN(CC(=O)O)CC(=O)NCCOC(=O)c1ccc2c(c1)OCCOCCOCCOCCO2. The third-order valence-corrected chi connectivity index (χ3v) is 9.81. The molecule has 25 heteroatoms. The minimum absolute atomic E-state index is 0.0196. The molecule has 2 aliphatic heterocycles. The number of nitrogens with one attached hydrogen (secondary N) is 3. The number of rotatable bonds is 22. The van der Waals surface area contributed by atoms with E-state index in [0.717, 1.165) is 0 Å². The van der Waals surface area contributed by atoms with Crippen molar-refractivity contribution in [2.24, 2.45) is 0 Å². The number of carbonyl (C=O) groups is 6. The first kappa shape index (κ1) is 57.7. The van der Waals surface area contributed by atoms with Crippen LogP contribution in [0.3, 0.4) is 0 Å². The number of carbonyl (C=O) groups excluding carboxylic acids is 4. The van der Waals surface area contributed by atoms with Crippen LogP contribution in [0.5, 0.6) is 23.0 Å². The number of carboxylic acids is 2. The van der Waals surface area contributed by atoms with E-state index in [1.807, 2.05) is 0 Å². The van der Waals surface area contributed by atoms with Crippen molar-refractivity contribution < 1.29 is 95.8 Å². The van der Waals surface area contributed by atoms with Crippen LogP contribution in [0.2, 0.25) is 0 Å². The fourth-order valence-corrected chi connectivity index (χ4v) is 6.41. The van der Waals surface area contributed by atoms with E-state index in [-0.39, 0.29) is 116 Å². The molecule has 0 aliphatic carbocycles. The molecular weight excluding hydrogens is 943 g/mol. The predicted molar refractivity (Wildman–Crippen MR) is 247 cm³/mol. The van der Waals surface area contributed by atoms with Gasteiger partial charge in [0.05, 0.1) is 130 Å². The van der Waals surface area contributed by atoms with Crippen LogP contribution in [-0.4, -0.2) is 240 Å². The van der Waals surface area contributed by atoms with Crippen molar-refractivity contribution >= 4 is 35.7 Å². The summed E-state index contributed by atoms with van der Waals surface area (Å²) in [6.07, 6.45) is 0. The quantitative estimate of drug-likeness (QED) is 0.0694. The van der Waals surface area contributed by atoms with Crippen molar-refractivity contribution in [2.45, 2.75) is 0 Å². The largest absolute Gasteiger partial charge is 0.487 e. The molecule has 2 aliphatic rings. The second kappa shape index (κ2) is 35.2. The molecule has 0 atom stereocenters. The van der Waals surface area contributed by atoms with Crippen LogP contribution in [-0.2, 0) is 57.1 Å². The molecule has 2 heterocycles. The number of esters is 2. The van der Waals surface area contributed by atoms with Gasteiger partial charge in [0.2, 0.25) is 11.8 Å². The number of fused-ring (bicyclic) bond motifs is 2. The molecule has 2 aromatic rings. The van der Waals surface area contributed by atoms with Gasteiger partial charge in [-0.05, 0) is 36.4 Å². The maximum absolute atomic E-state index is 12.9. The summed E-state index contributed by atoms with van der Waals surface area (Å²) in [5.41, 5.74) is 0.391. The third kappa shape index (κ3) is 25.7. The highest BCUT2D eigenvalue weighted by Crippen LogP contribution is 2.30. The summed E-state index contributed by atoms with van der Waals surface area (Å²) >= 11 is 0. The van der Waals surface area contributed by atoms with Gasteiger partial charge in [-0.1, -0.05) is 0 Å². The number of benzene rings is 2. The molecule has 396 valence electrons. The van der Waals surface area contributed by atoms with E-state index in [2.05, 4.69) is 16.0 Å². The molecule has 4 rings (SSSR count). The lowest BCUT2D eigenvalue weighted by Gasteiger charge is -2.25. The average Bonchev–Trinajstić information content (AvgIpc) is 3.36. The Morgan fingerprint density at radius 2 is 0.831 bits per heavy atom. The van der Waals surface area contributed by atoms with Crippen molar-refractivity contribution in [1.82, 2.24) is 25.8 Å². The number of hydrogen-bond acceptors (Lipinski definition) is 21. The number of hydrogen-bond donors (Lipinski definition) is 5. The van der Waals surface area contributed by atoms with Crippen LogP contribution < -0.4 is 34.9 Å². The minimum atomic E-state index is -1.20. The molecular formula is C46H67N5O20. The molecule has 0 spiro atoms. The van der Waals surface area contributed by atoms with Gasteiger partial charge >= 0.3 is 23.9 Å². The second-order valence-corrected chi connectivity index (χ2v) is 15.3. The van der Waals surface area contributed by atoms with Gasteiger partial charge in [0, 0.05) is 26.2 Å². The minimum Gasteiger partial charge on any atom is -0.487 e. The van der Waals surface area contributed by atoms with E-state index in [4.69, 9.17) is 56.8 Å². The van der Waals surface area contributed by atoms with Crippen LogP contribution in [0.25, 0.3) is 0 Å².